The highest BCUT2D eigenvalue weighted by molar-refractivity contribution is 5.95. The van der Waals surface area contributed by atoms with E-state index in [1.807, 2.05) is 0 Å². The van der Waals surface area contributed by atoms with E-state index < -0.39 is 0 Å². The van der Waals surface area contributed by atoms with Crippen LogP contribution in [-0.4, -0.2) is 14.1 Å². The van der Waals surface area contributed by atoms with Crippen molar-refractivity contribution in [2.24, 2.45) is 0 Å². The molecule has 0 saturated carbocycles. The number of allylic oxidation sites excluding steroid dienone is 7. The molecule has 2 aliphatic heterocycles. The lowest BCUT2D eigenvalue weighted by Gasteiger charge is -2.37. The van der Waals surface area contributed by atoms with Crippen LogP contribution in [0.1, 0.15) is 111 Å². The van der Waals surface area contributed by atoms with Gasteiger partial charge in [0.1, 0.15) is 0 Å². The van der Waals surface area contributed by atoms with Gasteiger partial charge in [0.25, 0.3) is 0 Å². The molecule has 2 aliphatic rings. The molecule has 216 valence electrons. The van der Waals surface area contributed by atoms with Gasteiger partial charge in [-0.25, -0.2) is 0 Å². The molecule has 2 aromatic carbocycles. The second-order valence-corrected chi connectivity index (χ2v) is 12.7. The maximum Gasteiger partial charge on any atom is 0.0520 e. The summed E-state index contributed by atoms with van der Waals surface area (Å²) in [7, 11) is 4.40. The summed E-state index contributed by atoms with van der Waals surface area (Å²) >= 11 is 0. The van der Waals surface area contributed by atoms with Crippen molar-refractivity contribution < 1.29 is 0 Å². The standard InChI is InChI=1S/2C19H27N/c1-10(2)18-16(8)14(6)17-13(5)11(3)12(4)15(7)19(17)20(18)9;1-10(2)17-15(7)16(8)20(9)19-14(6)12(4)11(3)13(5)18(17)19/h2*1-9H3. The van der Waals surface area contributed by atoms with Crippen LogP contribution in [0.3, 0.4) is 0 Å². The summed E-state index contributed by atoms with van der Waals surface area (Å²) in [5.41, 5.74) is 28.3. The Kier molecular flexibility index (Phi) is 8.76. The lowest BCUT2D eigenvalue weighted by Crippen LogP contribution is -2.26. The van der Waals surface area contributed by atoms with Crippen molar-refractivity contribution >= 4 is 22.5 Å². The summed E-state index contributed by atoms with van der Waals surface area (Å²) in [5.74, 6) is 0. The van der Waals surface area contributed by atoms with Crippen LogP contribution in [0, 0.1) is 55.4 Å². The van der Waals surface area contributed by atoms with E-state index in [1.54, 1.807) is 0 Å². The van der Waals surface area contributed by atoms with E-state index in [0.717, 1.165) is 0 Å². The molecule has 2 aromatic rings. The zero-order valence-corrected chi connectivity index (χ0v) is 28.9. The molecule has 0 bridgehead atoms. The van der Waals surface area contributed by atoms with Gasteiger partial charge >= 0.3 is 0 Å². The molecular weight excluding hydrogens is 484 g/mol. The van der Waals surface area contributed by atoms with Crippen LogP contribution in [0.15, 0.2) is 33.7 Å². The first-order valence-electron chi connectivity index (χ1n) is 14.8. The minimum atomic E-state index is 1.36. The predicted octanol–water partition coefficient (Wildman–Crippen LogP) is 10.9. The molecule has 0 spiro atoms. The first kappa shape index (κ1) is 31.5. The van der Waals surface area contributed by atoms with Crippen LogP contribution in [0.4, 0.5) is 11.4 Å². The first-order valence-corrected chi connectivity index (χ1v) is 14.8. The van der Waals surface area contributed by atoms with E-state index in [9.17, 15) is 0 Å². The SMILES string of the molecule is CC(C)=C1C(C)=C(C)N(C)c2c(C)c(C)c(C)c(C)c21.CC(C)=C1C(C)=C(C)c2c(C)c(C)c(C)c(C)c2N1C. The fraction of sp³-hybridized carbons (Fsp3) is 0.474. The molecule has 2 heterocycles. The van der Waals surface area contributed by atoms with Crippen LogP contribution >= 0.6 is 0 Å². The van der Waals surface area contributed by atoms with Crippen molar-refractivity contribution in [1.29, 1.82) is 0 Å². The van der Waals surface area contributed by atoms with Gasteiger partial charge in [-0.2, -0.15) is 0 Å². The molecule has 2 heteroatoms. The molecule has 0 atom stereocenters. The van der Waals surface area contributed by atoms with Crippen LogP contribution < -0.4 is 9.80 Å². The Labute approximate surface area is 246 Å². The van der Waals surface area contributed by atoms with Gasteiger partial charge < -0.3 is 9.80 Å². The zero-order valence-electron chi connectivity index (χ0n) is 28.9. The fourth-order valence-electron chi connectivity index (χ4n) is 7.04. The van der Waals surface area contributed by atoms with E-state index in [-0.39, 0.29) is 0 Å². The number of rotatable bonds is 0. The van der Waals surface area contributed by atoms with Gasteiger partial charge in [-0.05, 0) is 178 Å². The molecule has 0 radical (unpaired) electrons. The molecule has 0 unspecified atom stereocenters. The van der Waals surface area contributed by atoms with E-state index in [4.69, 9.17) is 0 Å². The minimum absolute atomic E-state index is 1.36. The topological polar surface area (TPSA) is 6.48 Å². The molecule has 0 amide bonds. The van der Waals surface area contributed by atoms with Crippen molar-refractivity contribution in [3.05, 3.63) is 89.3 Å². The quantitative estimate of drug-likeness (QED) is 0.329. The summed E-state index contributed by atoms with van der Waals surface area (Å²) < 4.78 is 0. The van der Waals surface area contributed by atoms with Crippen molar-refractivity contribution in [3.8, 4) is 0 Å². The van der Waals surface area contributed by atoms with Gasteiger partial charge in [0.05, 0.1) is 11.4 Å². The molecule has 0 saturated heterocycles. The maximum atomic E-state index is 2.39. The molecule has 0 aromatic heterocycles. The normalized spacial score (nSPS) is 14.8. The number of benzene rings is 2. The number of anilines is 2. The largest absolute Gasteiger partial charge is 0.347 e. The lowest BCUT2D eigenvalue weighted by atomic mass is 9.81. The van der Waals surface area contributed by atoms with Crippen LogP contribution in [-0.2, 0) is 0 Å². The number of fused-ring (bicyclic) bond motifs is 2. The second-order valence-electron chi connectivity index (χ2n) is 12.7. The molecule has 40 heavy (non-hydrogen) atoms. The molecule has 0 fully saturated rings. The van der Waals surface area contributed by atoms with Crippen molar-refractivity contribution in [2.75, 3.05) is 23.9 Å². The van der Waals surface area contributed by atoms with Crippen molar-refractivity contribution in [2.45, 2.75) is 111 Å². The van der Waals surface area contributed by atoms with Gasteiger partial charge in [-0.15, -0.1) is 0 Å². The number of hydrogen-bond acceptors (Lipinski definition) is 2. The Morgan fingerprint density at radius 1 is 0.400 bits per heavy atom. The Balaban J connectivity index is 0.000000220. The lowest BCUT2D eigenvalue weighted by molar-refractivity contribution is 1.01. The Morgan fingerprint density at radius 2 is 0.800 bits per heavy atom. The number of likely N-dealkylation sites (N-methyl/N-ethyl adjacent to an activating group) is 1. The second kappa shape index (κ2) is 11.1. The summed E-state index contributed by atoms with van der Waals surface area (Å²) in [5, 5.41) is 0. The van der Waals surface area contributed by atoms with Gasteiger partial charge in [-0.3, -0.25) is 0 Å². The average molecular weight is 539 g/mol. The Bertz CT molecular complexity index is 1540. The van der Waals surface area contributed by atoms with E-state index in [2.05, 4.69) is 135 Å². The van der Waals surface area contributed by atoms with E-state index >= 15 is 0 Å². The molecular formula is C38H54N2. The van der Waals surface area contributed by atoms with Crippen molar-refractivity contribution in [3.63, 3.8) is 0 Å². The summed E-state index contributed by atoms with van der Waals surface area (Å²) in [6.07, 6.45) is 0. The minimum Gasteiger partial charge on any atom is -0.347 e. The van der Waals surface area contributed by atoms with E-state index in [1.165, 1.54) is 112 Å². The smallest absolute Gasteiger partial charge is 0.0520 e. The summed E-state index contributed by atoms with van der Waals surface area (Å²) in [4.78, 5) is 4.76. The molecule has 2 nitrogen and oxygen atoms in total. The zero-order chi connectivity index (χ0) is 30.7. The molecule has 0 aliphatic carbocycles. The van der Waals surface area contributed by atoms with Gasteiger partial charge in [0.2, 0.25) is 0 Å². The highest BCUT2D eigenvalue weighted by Gasteiger charge is 2.29. The molecule has 0 N–H and O–H groups in total. The maximum absolute atomic E-state index is 2.39. The highest BCUT2D eigenvalue weighted by atomic mass is 15.1. The number of nitrogens with zero attached hydrogens (tertiary/aromatic N) is 2. The summed E-state index contributed by atoms with van der Waals surface area (Å²) in [6.45, 7) is 35.9. The fourth-order valence-corrected chi connectivity index (χ4v) is 7.04. The Morgan fingerprint density at radius 3 is 1.23 bits per heavy atom. The third-order valence-corrected chi connectivity index (χ3v) is 10.3. The monoisotopic (exact) mass is 538 g/mol. The van der Waals surface area contributed by atoms with Gasteiger partial charge in [0, 0.05) is 36.6 Å². The van der Waals surface area contributed by atoms with Crippen LogP contribution in [0.25, 0.3) is 11.1 Å². The number of hydrogen-bond donors (Lipinski definition) is 0. The average Bonchev–Trinajstić information content (AvgIpc) is 2.88. The Hall–Kier alpha value is -3.00. The van der Waals surface area contributed by atoms with Gasteiger partial charge in [0.15, 0.2) is 0 Å². The molecule has 4 rings (SSSR count). The van der Waals surface area contributed by atoms with Crippen LogP contribution in [0.5, 0.6) is 0 Å². The van der Waals surface area contributed by atoms with Gasteiger partial charge in [-0.1, -0.05) is 11.1 Å². The van der Waals surface area contributed by atoms with E-state index in [0.29, 0.717) is 0 Å². The first-order chi connectivity index (χ1) is 18.4. The third kappa shape index (κ3) is 4.68. The van der Waals surface area contributed by atoms with Crippen molar-refractivity contribution in [1.82, 2.24) is 0 Å². The third-order valence-electron chi connectivity index (χ3n) is 10.3. The highest BCUT2D eigenvalue weighted by Crippen LogP contribution is 2.47. The predicted molar refractivity (Wildman–Crippen MR) is 181 cm³/mol. The van der Waals surface area contributed by atoms with Crippen LogP contribution in [0.2, 0.25) is 0 Å². The summed E-state index contributed by atoms with van der Waals surface area (Å²) in [6, 6.07) is 0.